The van der Waals surface area contributed by atoms with Gasteiger partial charge in [0.05, 0.1) is 13.5 Å². The Bertz CT molecular complexity index is 443. The number of para-hydroxylation sites is 1. The molecule has 0 aliphatic heterocycles. The number of rotatable bonds is 8. The highest BCUT2D eigenvalue weighted by molar-refractivity contribution is 5.68. The third-order valence-corrected chi connectivity index (χ3v) is 3.82. The van der Waals surface area contributed by atoms with Crippen molar-refractivity contribution in [2.24, 2.45) is 0 Å². The van der Waals surface area contributed by atoms with Crippen LogP contribution in [-0.4, -0.2) is 41.7 Å². The number of hydrogen-bond donors (Lipinski definition) is 1. The fraction of sp³-hybridized carbons (Fsp3) is 0.562. The van der Waals surface area contributed by atoms with Crippen LogP contribution in [0.3, 0.4) is 0 Å². The van der Waals surface area contributed by atoms with Gasteiger partial charge in [0.2, 0.25) is 0 Å². The van der Waals surface area contributed by atoms with Gasteiger partial charge in [-0.15, -0.1) is 0 Å². The van der Waals surface area contributed by atoms with Gasteiger partial charge in [-0.05, 0) is 38.1 Å². The Kier molecular flexibility index (Phi) is 6.02. The van der Waals surface area contributed by atoms with Gasteiger partial charge < -0.3 is 9.84 Å². The van der Waals surface area contributed by atoms with Gasteiger partial charge in [-0.3, -0.25) is 9.69 Å². The Balaban J connectivity index is 3.08. The zero-order chi connectivity index (χ0) is 15.2. The number of nitrogens with zero attached hydrogens (tertiary/aromatic N) is 1. The molecule has 0 bridgehead atoms. The minimum atomic E-state index is -0.769. The largest absolute Gasteiger partial charge is 0.496 e. The molecule has 0 aliphatic carbocycles. The Morgan fingerprint density at radius 1 is 1.30 bits per heavy atom. The zero-order valence-electron chi connectivity index (χ0n) is 12.8. The molecule has 1 aromatic carbocycles. The number of carbonyl (C=O) groups is 1. The minimum absolute atomic E-state index is 0.118. The maximum atomic E-state index is 11.2. The molecule has 1 rings (SSSR count). The zero-order valence-corrected chi connectivity index (χ0v) is 12.8. The van der Waals surface area contributed by atoms with Crippen LogP contribution in [0, 0.1) is 0 Å². The summed E-state index contributed by atoms with van der Waals surface area (Å²) in [4.78, 5) is 13.4. The summed E-state index contributed by atoms with van der Waals surface area (Å²) in [6.45, 7) is 7.79. The predicted octanol–water partition coefficient (Wildman–Crippen LogP) is 2.81. The summed E-state index contributed by atoms with van der Waals surface area (Å²) in [7, 11) is 1.64. The normalized spacial score (nSPS) is 14.1. The molecule has 0 heterocycles. The van der Waals surface area contributed by atoms with Gasteiger partial charge in [-0.2, -0.15) is 0 Å². The van der Waals surface area contributed by atoms with E-state index in [0.717, 1.165) is 24.4 Å². The standard InChI is InChI=1S/C16H25NO3/c1-5-17(6-2)16(3,12-15(18)19)11-13-9-7-8-10-14(13)20-4/h7-10H,5-6,11-12H2,1-4H3,(H,18,19). The van der Waals surface area contributed by atoms with Crippen molar-refractivity contribution in [2.75, 3.05) is 20.2 Å². The molecule has 0 amide bonds. The summed E-state index contributed by atoms with van der Waals surface area (Å²) in [6, 6.07) is 7.80. The first-order valence-electron chi connectivity index (χ1n) is 7.05. The van der Waals surface area contributed by atoms with Crippen molar-refractivity contribution in [2.45, 2.75) is 39.2 Å². The molecule has 0 aliphatic rings. The van der Waals surface area contributed by atoms with Crippen LogP contribution in [0.4, 0.5) is 0 Å². The summed E-state index contributed by atoms with van der Waals surface area (Å²) in [6.07, 6.45) is 0.776. The van der Waals surface area contributed by atoms with Crippen LogP contribution in [0.5, 0.6) is 5.75 Å². The molecular weight excluding hydrogens is 254 g/mol. The Morgan fingerprint density at radius 3 is 2.40 bits per heavy atom. The van der Waals surface area contributed by atoms with E-state index in [-0.39, 0.29) is 6.42 Å². The summed E-state index contributed by atoms with van der Waals surface area (Å²) in [5, 5.41) is 9.24. The number of benzene rings is 1. The molecule has 20 heavy (non-hydrogen) atoms. The first-order chi connectivity index (χ1) is 9.46. The molecule has 0 aromatic heterocycles. The third kappa shape index (κ3) is 3.97. The van der Waals surface area contributed by atoms with E-state index in [4.69, 9.17) is 4.74 Å². The van der Waals surface area contributed by atoms with E-state index in [0.29, 0.717) is 6.42 Å². The first-order valence-corrected chi connectivity index (χ1v) is 7.05. The van der Waals surface area contributed by atoms with Crippen molar-refractivity contribution in [1.82, 2.24) is 4.90 Å². The quantitative estimate of drug-likeness (QED) is 0.795. The van der Waals surface area contributed by atoms with Gasteiger partial charge in [0.15, 0.2) is 0 Å². The van der Waals surface area contributed by atoms with E-state index in [2.05, 4.69) is 18.7 Å². The topological polar surface area (TPSA) is 49.8 Å². The van der Waals surface area contributed by atoms with E-state index in [9.17, 15) is 9.90 Å². The summed E-state index contributed by atoms with van der Waals surface area (Å²) >= 11 is 0. The number of likely N-dealkylation sites (N-methyl/N-ethyl adjacent to an activating group) is 1. The molecule has 4 nitrogen and oxygen atoms in total. The molecule has 0 radical (unpaired) electrons. The van der Waals surface area contributed by atoms with E-state index in [1.54, 1.807) is 7.11 Å². The second-order valence-corrected chi connectivity index (χ2v) is 5.23. The van der Waals surface area contributed by atoms with Gasteiger partial charge in [-0.25, -0.2) is 0 Å². The molecule has 1 N–H and O–H groups in total. The Labute approximate surface area is 121 Å². The number of carboxylic acids is 1. The summed E-state index contributed by atoms with van der Waals surface area (Å²) in [5.41, 5.74) is 0.634. The number of carboxylic acid groups (broad SMARTS) is 1. The van der Waals surface area contributed by atoms with E-state index >= 15 is 0 Å². The lowest BCUT2D eigenvalue weighted by Crippen LogP contribution is -2.49. The molecule has 0 saturated carbocycles. The lowest BCUT2D eigenvalue weighted by molar-refractivity contribution is -0.140. The second-order valence-electron chi connectivity index (χ2n) is 5.23. The number of aliphatic carboxylic acids is 1. The van der Waals surface area contributed by atoms with Crippen molar-refractivity contribution in [1.29, 1.82) is 0 Å². The van der Waals surface area contributed by atoms with Crippen LogP contribution in [0.15, 0.2) is 24.3 Å². The lowest BCUT2D eigenvalue weighted by atomic mass is 9.87. The van der Waals surface area contributed by atoms with Gasteiger partial charge in [0, 0.05) is 5.54 Å². The van der Waals surface area contributed by atoms with Crippen LogP contribution < -0.4 is 4.74 Å². The monoisotopic (exact) mass is 279 g/mol. The van der Waals surface area contributed by atoms with Crippen LogP contribution in [0.1, 0.15) is 32.8 Å². The maximum absolute atomic E-state index is 11.2. The molecule has 112 valence electrons. The smallest absolute Gasteiger partial charge is 0.305 e. The maximum Gasteiger partial charge on any atom is 0.305 e. The second kappa shape index (κ2) is 7.29. The lowest BCUT2D eigenvalue weighted by Gasteiger charge is -2.40. The minimum Gasteiger partial charge on any atom is -0.496 e. The van der Waals surface area contributed by atoms with Crippen LogP contribution in [0.25, 0.3) is 0 Å². The van der Waals surface area contributed by atoms with E-state index in [1.165, 1.54) is 0 Å². The van der Waals surface area contributed by atoms with Crippen molar-refractivity contribution in [3.05, 3.63) is 29.8 Å². The molecule has 1 atom stereocenters. The summed E-state index contributed by atoms with van der Waals surface area (Å²) in [5.74, 6) is 0.0468. The van der Waals surface area contributed by atoms with Gasteiger partial charge in [0.25, 0.3) is 0 Å². The number of ether oxygens (including phenoxy) is 1. The van der Waals surface area contributed by atoms with Crippen molar-refractivity contribution < 1.29 is 14.6 Å². The SMILES string of the molecule is CCN(CC)C(C)(CC(=O)O)Cc1ccccc1OC. The van der Waals surface area contributed by atoms with Crippen molar-refractivity contribution >= 4 is 5.97 Å². The highest BCUT2D eigenvalue weighted by atomic mass is 16.5. The van der Waals surface area contributed by atoms with E-state index < -0.39 is 11.5 Å². The van der Waals surface area contributed by atoms with Crippen LogP contribution in [0.2, 0.25) is 0 Å². The molecule has 1 unspecified atom stereocenters. The fourth-order valence-electron chi connectivity index (χ4n) is 2.86. The molecule has 0 fully saturated rings. The number of methoxy groups -OCH3 is 1. The number of hydrogen-bond acceptors (Lipinski definition) is 3. The fourth-order valence-corrected chi connectivity index (χ4v) is 2.86. The van der Waals surface area contributed by atoms with Crippen molar-refractivity contribution in [3.63, 3.8) is 0 Å². The van der Waals surface area contributed by atoms with E-state index in [1.807, 2.05) is 31.2 Å². The Morgan fingerprint density at radius 2 is 1.90 bits per heavy atom. The molecule has 1 aromatic rings. The average Bonchev–Trinajstić information content (AvgIpc) is 2.39. The molecule has 0 spiro atoms. The first kappa shape index (κ1) is 16.5. The van der Waals surface area contributed by atoms with Crippen LogP contribution in [-0.2, 0) is 11.2 Å². The third-order valence-electron chi connectivity index (χ3n) is 3.82. The van der Waals surface area contributed by atoms with Gasteiger partial charge in [-0.1, -0.05) is 32.0 Å². The van der Waals surface area contributed by atoms with Crippen LogP contribution >= 0.6 is 0 Å². The molecule has 4 heteroatoms. The van der Waals surface area contributed by atoms with Crippen molar-refractivity contribution in [3.8, 4) is 5.75 Å². The molecular formula is C16H25NO3. The van der Waals surface area contributed by atoms with Gasteiger partial charge >= 0.3 is 5.97 Å². The highest BCUT2D eigenvalue weighted by Gasteiger charge is 2.33. The highest BCUT2D eigenvalue weighted by Crippen LogP contribution is 2.29. The molecule has 0 saturated heterocycles. The Hall–Kier alpha value is -1.55. The van der Waals surface area contributed by atoms with Gasteiger partial charge in [0.1, 0.15) is 5.75 Å². The summed E-state index contributed by atoms with van der Waals surface area (Å²) < 4.78 is 5.38. The average molecular weight is 279 g/mol. The predicted molar refractivity (Wildman–Crippen MR) is 80.3 cm³/mol.